The number of nitrogens with zero attached hydrogens (tertiary/aromatic N) is 1. The zero-order valence-corrected chi connectivity index (χ0v) is 12.4. The Morgan fingerprint density at radius 1 is 1.42 bits per heavy atom. The number of carbonyl (C=O) groups excluding carboxylic acids is 1. The van der Waals surface area contributed by atoms with Crippen LogP contribution in [-0.2, 0) is 0 Å². The van der Waals surface area contributed by atoms with Gasteiger partial charge in [-0.15, -0.1) is 0 Å². The molecule has 1 aliphatic heterocycles. The van der Waals surface area contributed by atoms with E-state index in [4.69, 9.17) is 29.6 Å². The van der Waals surface area contributed by atoms with Gasteiger partial charge in [-0.1, -0.05) is 29.9 Å². The number of thiocarbonyl (C=S) groups is 1. The minimum atomic E-state index is 0.0430. The van der Waals surface area contributed by atoms with Crippen LogP contribution in [0, 0.1) is 12.8 Å². The molecule has 2 N–H and O–H groups in total. The van der Waals surface area contributed by atoms with Gasteiger partial charge in [0.15, 0.2) is 0 Å². The smallest absolute Gasteiger partial charge is 0.254 e. The van der Waals surface area contributed by atoms with Gasteiger partial charge in [0.2, 0.25) is 0 Å². The monoisotopic (exact) mass is 296 g/mol. The summed E-state index contributed by atoms with van der Waals surface area (Å²) in [6, 6.07) is 5.41. The molecule has 1 aliphatic rings. The fourth-order valence-corrected chi connectivity index (χ4v) is 2.77. The molecule has 0 spiro atoms. The zero-order chi connectivity index (χ0) is 14.0. The molecular formula is C14H17ClN2OS. The van der Waals surface area contributed by atoms with Gasteiger partial charge in [0.1, 0.15) is 0 Å². The van der Waals surface area contributed by atoms with Gasteiger partial charge in [0.05, 0.1) is 4.99 Å². The Balaban J connectivity index is 2.09. The van der Waals surface area contributed by atoms with Crippen LogP contribution in [0.3, 0.4) is 0 Å². The van der Waals surface area contributed by atoms with Crippen molar-refractivity contribution in [2.75, 3.05) is 13.1 Å². The molecule has 1 fully saturated rings. The molecule has 1 saturated heterocycles. The van der Waals surface area contributed by atoms with Crippen LogP contribution in [-0.4, -0.2) is 28.9 Å². The number of amides is 1. The SMILES string of the molecule is Cc1ccc(Cl)cc1C(=O)N1CCC(C(N)=S)CC1. The quantitative estimate of drug-likeness (QED) is 0.854. The third-order valence-electron chi connectivity index (χ3n) is 3.61. The van der Waals surface area contributed by atoms with E-state index in [1.54, 1.807) is 12.1 Å². The van der Waals surface area contributed by atoms with E-state index in [0.717, 1.165) is 18.4 Å². The van der Waals surface area contributed by atoms with Crippen molar-refractivity contribution < 1.29 is 4.79 Å². The highest BCUT2D eigenvalue weighted by atomic mass is 35.5. The Bertz CT molecular complexity index is 510. The van der Waals surface area contributed by atoms with Gasteiger partial charge in [-0.25, -0.2) is 0 Å². The molecule has 3 nitrogen and oxygen atoms in total. The first-order valence-corrected chi connectivity index (χ1v) is 7.12. The van der Waals surface area contributed by atoms with Gasteiger partial charge in [0, 0.05) is 29.6 Å². The minimum absolute atomic E-state index is 0.0430. The molecule has 0 aliphatic carbocycles. The maximum absolute atomic E-state index is 12.5. The van der Waals surface area contributed by atoms with Crippen molar-refractivity contribution in [2.45, 2.75) is 19.8 Å². The molecule has 1 amide bonds. The second-order valence-corrected chi connectivity index (χ2v) is 5.84. The van der Waals surface area contributed by atoms with Gasteiger partial charge in [0.25, 0.3) is 5.91 Å². The number of aryl methyl sites for hydroxylation is 1. The Morgan fingerprint density at radius 2 is 2.05 bits per heavy atom. The molecule has 19 heavy (non-hydrogen) atoms. The van der Waals surface area contributed by atoms with Crippen LogP contribution in [0.15, 0.2) is 18.2 Å². The van der Waals surface area contributed by atoms with Crippen LogP contribution >= 0.6 is 23.8 Å². The first kappa shape index (κ1) is 14.3. The number of hydrogen-bond donors (Lipinski definition) is 1. The summed E-state index contributed by atoms with van der Waals surface area (Å²) in [6.45, 7) is 3.32. The number of nitrogens with two attached hydrogens (primary N) is 1. The van der Waals surface area contributed by atoms with Crippen LogP contribution in [0.25, 0.3) is 0 Å². The lowest BCUT2D eigenvalue weighted by Crippen LogP contribution is -2.41. The average Bonchev–Trinajstić information content (AvgIpc) is 2.41. The Kier molecular flexibility index (Phi) is 4.42. The van der Waals surface area contributed by atoms with Gasteiger partial charge >= 0.3 is 0 Å². The number of carbonyl (C=O) groups is 1. The van der Waals surface area contributed by atoms with Crippen molar-refractivity contribution >= 4 is 34.7 Å². The average molecular weight is 297 g/mol. The van der Waals surface area contributed by atoms with E-state index in [2.05, 4.69) is 0 Å². The highest BCUT2D eigenvalue weighted by Crippen LogP contribution is 2.22. The third kappa shape index (κ3) is 3.25. The second kappa shape index (κ2) is 5.88. The predicted octanol–water partition coefficient (Wildman–Crippen LogP) is 2.79. The molecule has 102 valence electrons. The topological polar surface area (TPSA) is 46.3 Å². The van der Waals surface area contributed by atoms with Crippen LogP contribution in [0.5, 0.6) is 0 Å². The molecule has 1 heterocycles. The Hall–Kier alpha value is -1.13. The maximum Gasteiger partial charge on any atom is 0.254 e. The molecule has 1 aromatic carbocycles. The van der Waals surface area contributed by atoms with E-state index < -0.39 is 0 Å². The summed E-state index contributed by atoms with van der Waals surface area (Å²) in [6.07, 6.45) is 1.70. The number of halogens is 1. The van der Waals surface area contributed by atoms with Crippen LogP contribution in [0.4, 0.5) is 0 Å². The summed E-state index contributed by atoms with van der Waals surface area (Å²) in [5.41, 5.74) is 7.29. The van der Waals surface area contributed by atoms with Gasteiger partial charge in [-0.2, -0.15) is 0 Å². The van der Waals surface area contributed by atoms with Gasteiger partial charge in [-0.05, 0) is 37.5 Å². The number of hydrogen-bond acceptors (Lipinski definition) is 2. The third-order valence-corrected chi connectivity index (χ3v) is 4.18. The first-order valence-electron chi connectivity index (χ1n) is 6.34. The Morgan fingerprint density at radius 3 is 2.63 bits per heavy atom. The van der Waals surface area contributed by atoms with E-state index >= 15 is 0 Å². The second-order valence-electron chi connectivity index (χ2n) is 4.93. The van der Waals surface area contributed by atoms with Crippen molar-refractivity contribution in [1.29, 1.82) is 0 Å². The molecule has 0 bridgehead atoms. The molecule has 5 heteroatoms. The molecule has 0 aromatic heterocycles. The standard InChI is InChI=1S/C14H17ClN2OS/c1-9-2-3-11(15)8-12(9)14(18)17-6-4-10(5-7-17)13(16)19/h2-3,8,10H,4-7H2,1H3,(H2,16,19). The largest absolute Gasteiger partial charge is 0.393 e. The molecule has 1 aromatic rings. The summed E-state index contributed by atoms with van der Waals surface area (Å²) in [5, 5.41) is 0.590. The number of rotatable bonds is 2. The molecular weight excluding hydrogens is 280 g/mol. The van der Waals surface area contributed by atoms with Crippen molar-refractivity contribution in [3.63, 3.8) is 0 Å². The minimum Gasteiger partial charge on any atom is -0.393 e. The Labute approximate surface area is 123 Å². The normalized spacial score (nSPS) is 16.4. The first-order chi connectivity index (χ1) is 8.99. The number of piperidine rings is 1. The molecule has 0 saturated carbocycles. The van der Waals surface area contributed by atoms with Crippen molar-refractivity contribution in [3.8, 4) is 0 Å². The summed E-state index contributed by atoms with van der Waals surface area (Å²) in [5.74, 6) is 0.306. The van der Waals surface area contributed by atoms with Gasteiger partial charge < -0.3 is 10.6 Å². The maximum atomic E-state index is 12.5. The van der Waals surface area contributed by atoms with E-state index in [1.165, 1.54) is 0 Å². The number of benzene rings is 1. The lowest BCUT2D eigenvalue weighted by molar-refractivity contribution is 0.0709. The molecule has 0 atom stereocenters. The highest BCUT2D eigenvalue weighted by Gasteiger charge is 2.25. The van der Waals surface area contributed by atoms with E-state index in [-0.39, 0.29) is 11.8 Å². The predicted molar refractivity (Wildman–Crippen MR) is 81.6 cm³/mol. The van der Waals surface area contributed by atoms with Crippen LogP contribution in [0.2, 0.25) is 5.02 Å². The van der Waals surface area contributed by atoms with Crippen LogP contribution < -0.4 is 5.73 Å². The zero-order valence-electron chi connectivity index (χ0n) is 10.9. The lowest BCUT2D eigenvalue weighted by atomic mass is 9.96. The summed E-state index contributed by atoms with van der Waals surface area (Å²) in [4.78, 5) is 14.9. The van der Waals surface area contributed by atoms with E-state index in [1.807, 2.05) is 17.9 Å². The van der Waals surface area contributed by atoms with E-state index in [9.17, 15) is 4.79 Å². The van der Waals surface area contributed by atoms with Crippen LogP contribution in [0.1, 0.15) is 28.8 Å². The summed E-state index contributed by atoms with van der Waals surface area (Å²) < 4.78 is 0. The molecule has 2 rings (SSSR count). The van der Waals surface area contributed by atoms with Gasteiger partial charge in [-0.3, -0.25) is 4.79 Å². The molecule has 0 unspecified atom stereocenters. The fourth-order valence-electron chi connectivity index (χ4n) is 2.36. The van der Waals surface area contributed by atoms with E-state index in [0.29, 0.717) is 28.7 Å². The van der Waals surface area contributed by atoms with Crippen molar-refractivity contribution in [2.24, 2.45) is 11.7 Å². The lowest BCUT2D eigenvalue weighted by Gasteiger charge is -2.31. The molecule has 0 radical (unpaired) electrons. The highest BCUT2D eigenvalue weighted by molar-refractivity contribution is 7.80. The fraction of sp³-hybridized carbons (Fsp3) is 0.429. The summed E-state index contributed by atoms with van der Waals surface area (Å²) in [7, 11) is 0. The number of likely N-dealkylation sites (tertiary alicyclic amines) is 1. The van der Waals surface area contributed by atoms with Crippen molar-refractivity contribution in [3.05, 3.63) is 34.3 Å². The van der Waals surface area contributed by atoms with Crippen molar-refractivity contribution in [1.82, 2.24) is 4.90 Å². The summed E-state index contributed by atoms with van der Waals surface area (Å²) >= 11 is 11.0.